The molecule has 0 saturated heterocycles. The molecule has 0 unspecified atom stereocenters. The molecule has 0 heterocycles. The molecule has 0 aliphatic carbocycles. The number of hydrogen-bond donors (Lipinski definition) is 0. The molecule has 0 fully saturated rings. The Hall–Kier alpha value is -4.04. The van der Waals surface area contributed by atoms with Gasteiger partial charge in [0.25, 0.3) is 0 Å². The highest BCUT2D eigenvalue weighted by Gasteiger charge is 1.98. The van der Waals surface area contributed by atoms with Gasteiger partial charge >= 0.3 is 0 Å². The smallest absolute Gasteiger partial charge is 0.118 e. The van der Waals surface area contributed by atoms with E-state index in [2.05, 4.69) is 72.8 Å². The van der Waals surface area contributed by atoms with E-state index in [0.29, 0.717) is 0 Å². The lowest BCUT2D eigenvalue weighted by Crippen LogP contribution is -1.82. The fourth-order valence-electron chi connectivity index (χ4n) is 3.39. The molecule has 0 spiro atoms. The molecule has 0 aliphatic heterocycles. The van der Waals surface area contributed by atoms with Crippen LogP contribution in [0.2, 0.25) is 0 Å². The first-order chi connectivity index (χ1) is 15.7. The topological polar surface area (TPSA) is 18.5 Å². The van der Waals surface area contributed by atoms with Gasteiger partial charge in [-0.2, -0.15) is 0 Å². The van der Waals surface area contributed by atoms with Crippen molar-refractivity contribution in [2.75, 3.05) is 14.2 Å². The van der Waals surface area contributed by atoms with E-state index < -0.39 is 0 Å². The van der Waals surface area contributed by atoms with Crippen molar-refractivity contribution in [3.63, 3.8) is 0 Å². The Morgan fingerprint density at radius 2 is 0.625 bits per heavy atom. The second-order valence-electron chi connectivity index (χ2n) is 7.46. The Kier molecular flexibility index (Phi) is 6.84. The minimum atomic E-state index is 0.869. The van der Waals surface area contributed by atoms with Crippen molar-refractivity contribution in [2.45, 2.75) is 0 Å². The van der Waals surface area contributed by atoms with Gasteiger partial charge in [0, 0.05) is 0 Å². The van der Waals surface area contributed by atoms with Crippen LogP contribution in [0.3, 0.4) is 0 Å². The molecular formula is C30H26O2. The predicted molar refractivity (Wildman–Crippen MR) is 136 cm³/mol. The van der Waals surface area contributed by atoms with Crippen molar-refractivity contribution in [3.05, 3.63) is 119 Å². The van der Waals surface area contributed by atoms with E-state index in [1.807, 2.05) is 48.5 Å². The van der Waals surface area contributed by atoms with Gasteiger partial charge in [-0.3, -0.25) is 0 Å². The standard InChI is InChI=1S/C30H26O2/c1-31-29-19-11-25(12-20-29)5-3-23-7-15-27(16-8-23)28-17-9-24(10-18-28)4-6-26-13-21-30(32-2)22-14-26/h3-22H,1-2H3/b5-3+,6-4+. The summed E-state index contributed by atoms with van der Waals surface area (Å²) in [4.78, 5) is 0. The maximum atomic E-state index is 5.20. The lowest BCUT2D eigenvalue weighted by Gasteiger charge is -2.04. The molecule has 0 atom stereocenters. The van der Waals surface area contributed by atoms with Crippen LogP contribution in [0.5, 0.6) is 11.5 Å². The van der Waals surface area contributed by atoms with Crippen molar-refractivity contribution in [2.24, 2.45) is 0 Å². The summed E-state index contributed by atoms with van der Waals surface area (Å²) < 4.78 is 10.4. The van der Waals surface area contributed by atoms with Crippen molar-refractivity contribution < 1.29 is 9.47 Å². The Balaban J connectivity index is 1.40. The lowest BCUT2D eigenvalue weighted by molar-refractivity contribution is 0.414. The van der Waals surface area contributed by atoms with E-state index in [1.54, 1.807) is 14.2 Å². The average Bonchev–Trinajstić information content (AvgIpc) is 2.87. The van der Waals surface area contributed by atoms with Crippen LogP contribution in [0.1, 0.15) is 22.3 Å². The van der Waals surface area contributed by atoms with Gasteiger partial charge in [-0.05, 0) is 57.6 Å². The molecule has 158 valence electrons. The van der Waals surface area contributed by atoms with Gasteiger partial charge in [0.1, 0.15) is 11.5 Å². The number of ether oxygens (including phenoxy) is 2. The van der Waals surface area contributed by atoms with Gasteiger partial charge in [0.2, 0.25) is 0 Å². The van der Waals surface area contributed by atoms with Gasteiger partial charge in [-0.25, -0.2) is 0 Å². The zero-order valence-electron chi connectivity index (χ0n) is 18.4. The molecule has 32 heavy (non-hydrogen) atoms. The van der Waals surface area contributed by atoms with Crippen LogP contribution in [0.4, 0.5) is 0 Å². The van der Waals surface area contributed by atoms with E-state index >= 15 is 0 Å². The fraction of sp³-hybridized carbons (Fsp3) is 0.0667. The van der Waals surface area contributed by atoms with Crippen molar-refractivity contribution in [1.29, 1.82) is 0 Å². The van der Waals surface area contributed by atoms with Crippen molar-refractivity contribution in [1.82, 2.24) is 0 Å². The molecule has 2 heteroatoms. The van der Waals surface area contributed by atoms with E-state index in [4.69, 9.17) is 9.47 Å². The van der Waals surface area contributed by atoms with Crippen LogP contribution in [0.25, 0.3) is 35.4 Å². The van der Waals surface area contributed by atoms with E-state index in [-0.39, 0.29) is 0 Å². The van der Waals surface area contributed by atoms with Crippen LogP contribution >= 0.6 is 0 Å². The van der Waals surface area contributed by atoms with Gasteiger partial charge in [-0.15, -0.1) is 0 Å². The van der Waals surface area contributed by atoms with Crippen LogP contribution < -0.4 is 9.47 Å². The minimum Gasteiger partial charge on any atom is -0.497 e. The van der Waals surface area contributed by atoms with Crippen LogP contribution in [0.15, 0.2) is 97.1 Å². The second kappa shape index (κ2) is 10.3. The number of methoxy groups -OCH3 is 2. The predicted octanol–water partition coefficient (Wildman–Crippen LogP) is 7.71. The third-order valence-electron chi connectivity index (χ3n) is 5.32. The molecule has 2 nitrogen and oxygen atoms in total. The molecule has 4 aromatic rings. The summed E-state index contributed by atoms with van der Waals surface area (Å²) in [5.41, 5.74) is 7.04. The Morgan fingerprint density at radius 3 is 0.875 bits per heavy atom. The second-order valence-corrected chi connectivity index (χ2v) is 7.46. The summed E-state index contributed by atoms with van der Waals surface area (Å²) in [5.74, 6) is 1.74. The first-order valence-corrected chi connectivity index (χ1v) is 10.6. The Morgan fingerprint density at radius 1 is 0.375 bits per heavy atom. The largest absolute Gasteiger partial charge is 0.497 e. The summed E-state index contributed by atoms with van der Waals surface area (Å²) in [7, 11) is 3.36. The lowest BCUT2D eigenvalue weighted by atomic mass is 10.0. The fourth-order valence-corrected chi connectivity index (χ4v) is 3.39. The maximum Gasteiger partial charge on any atom is 0.118 e. The van der Waals surface area contributed by atoms with Crippen LogP contribution in [-0.2, 0) is 0 Å². The highest BCUT2D eigenvalue weighted by molar-refractivity contribution is 5.74. The average molecular weight is 419 g/mol. The molecule has 4 aromatic carbocycles. The monoisotopic (exact) mass is 418 g/mol. The summed E-state index contributed by atoms with van der Waals surface area (Å²) in [5, 5.41) is 0. The first kappa shape index (κ1) is 21.2. The molecule has 0 saturated carbocycles. The van der Waals surface area contributed by atoms with Gasteiger partial charge in [0.05, 0.1) is 14.2 Å². The summed E-state index contributed by atoms with van der Waals surface area (Å²) in [6, 6.07) is 33.3. The van der Waals surface area contributed by atoms with Gasteiger partial charge in [-0.1, -0.05) is 97.1 Å². The van der Waals surface area contributed by atoms with Crippen molar-refractivity contribution in [3.8, 4) is 22.6 Å². The normalized spacial score (nSPS) is 11.2. The van der Waals surface area contributed by atoms with Crippen LogP contribution in [-0.4, -0.2) is 14.2 Å². The molecule has 4 rings (SSSR count). The third kappa shape index (κ3) is 5.55. The van der Waals surface area contributed by atoms with E-state index in [0.717, 1.165) is 22.6 Å². The third-order valence-corrected chi connectivity index (χ3v) is 5.32. The maximum absolute atomic E-state index is 5.20. The highest BCUT2D eigenvalue weighted by Crippen LogP contribution is 2.22. The SMILES string of the molecule is COc1ccc(/C=C/c2ccc(-c3ccc(/C=C/c4ccc(OC)cc4)cc3)cc2)cc1. The minimum absolute atomic E-state index is 0.869. The molecule has 0 aromatic heterocycles. The molecular weight excluding hydrogens is 392 g/mol. The molecule has 0 N–H and O–H groups in total. The number of hydrogen-bond acceptors (Lipinski definition) is 2. The van der Waals surface area contributed by atoms with Crippen molar-refractivity contribution >= 4 is 24.3 Å². The van der Waals surface area contributed by atoms with Gasteiger partial charge in [0.15, 0.2) is 0 Å². The highest BCUT2D eigenvalue weighted by atomic mass is 16.5. The zero-order chi connectivity index (χ0) is 22.2. The first-order valence-electron chi connectivity index (χ1n) is 10.6. The molecule has 0 amide bonds. The summed E-state index contributed by atoms with van der Waals surface area (Å²) in [6.45, 7) is 0. The van der Waals surface area contributed by atoms with Crippen LogP contribution in [0, 0.1) is 0 Å². The van der Waals surface area contributed by atoms with E-state index in [9.17, 15) is 0 Å². The van der Waals surface area contributed by atoms with E-state index in [1.165, 1.54) is 22.3 Å². The number of benzene rings is 4. The Bertz CT molecular complexity index is 1080. The molecule has 0 bridgehead atoms. The summed E-state index contributed by atoms with van der Waals surface area (Å²) in [6.07, 6.45) is 8.47. The Labute approximate surface area is 190 Å². The zero-order valence-corrected chi connectivity index (χ0v) is 18.4. The quantitative estimate of drug-likeness (QED) is 0.286. The molecule has 0 radical (unpaired) electrons. The number of rotatable bonds is 7. The van der Waals surface area contributed by atoms with Gasteiger partial charge < -0.3 is 9.47 Å². The molecule has 0 aliphatic rings. The summed E-state index contributed by atoms with van der Waals surface area (Å²) >= 11 is 0.